The Balaban J connectivity index is 2.21. The molecule has 5 nitrogen and oxygen atoms in total. The largest absolute Gasteiger partial charge is 0.483 e. The number of carbonyl (C=O) groups excluding carboxylic acids is 2. The molecule has 0 aromatic heterocycles. The van der Waals surface area contributed by atoms with Crippen LogP contribution >= 0.6 is 23.2 Å². The Morgan fingerprint density at radius 3 is 2.42 bits per heavy atom. The van der Waals surface area contributed by atoms with E-state index in [1.165, 1.54) is 4.90 Å². The number of carbonyl (C=O) groups is 2. The molecular formula is C24H30Cl2N2O3. The lowest BCUT2D eigenvalue weighted by molar-refractivity contribution is -0.142. The highest BCUT2D eigenvalue weighted by Crippen LogP contribution is 2.24. The van der Waals surface area contributed by atoms with Gasteiger partial charge in [0.25, 0.3) is 5.91 Å². The van der Waals surface area contributed by atoms with E-state index in [4.69, 9.17) is 27.9 Å². The van der Waals surface area contributed by atoms with Crippen LogP contribution in [-0.2, 0) is 16.1 Å². The Morgan fingerprint density at radius 1 is 1.06 bits per heavy atom. The molecule has 0 fully saturated rings. The lowest BCUT2D eigenvalue weighted by Crippen LogP contribution is -2.49. The minimum Gasteiger partial charge on any atom is -0.483 e. The first-order chi connectivity index (χ1) is 14.6. The summed E-state index contributed by atoms with van der Waals surface area (Å²) in [6, 6.07) is 10.2. The summed E-state index contributed by atoms with van der Waals surface area (Å²) in [5, 5.41) is 3.84. The summed E-state index contributed by atoms with van der Waals surface area (Å²) in [4.78, 5) is 27.3. The number of ether oxygens (including phenoxy) is 1. The molecular weight excluding hydrogens is 435 g/mol. The maximum absolute atomic E-state index is 13.1. The molecule has 0 radical (unpaired) electrons. The zero-order chi connectivity index (χ0) is 23.1. The summed E-state index contributed by atoms with van der Waals surface area (Å²) in [6.45, 7) is 10.1. The summed E-state index contributed by atoms with van der Waals surface area (Å²) in [6.07, 6.45) is 0. The number of nitrogens with one attached hydrogen (secondary N) is 1. The molecule has 1 N–H and O–H groups in total. The number of amides is 2. The second kappa shape index (κ2) is 11.4. The summed E-state index contributed by atoms with van der Waals surface area (Å²) in [5.74, 6) is 0.423. The third-order valence-electron chi connectivity index (χ3n) is 4.90. The molecule has 2 amide bonds. The molecule has 168 valence electrons. The summed E-state index contributed by atoms with van der Waals surface area (Å²) < 4.78 is 5.80. The lowest BCUT2D eigenvalue weighted by atomic mass is 10.1. The van der Waals surface area contributed by atoms with Crippen LogP contribution in [0.15, 0.2) is 36.4 Å². The molecule has 0 unspecified atom stereocenters. The van der Waals surface area contributed by atoms with Crippen molar-refractivity contribution >= 4 is 35.0 Å². The molecule has 0 spiro atoms. The van der Waals surface area contributed by atoms with Crippen molar-refractivity contribution < 1.29 is 14.3 Å². The first-order valence-electron chi connectivity index (χ1n) is 10.3. The number of halogens is 2. The smallest absolute Gasteiger partial charge is 0.261 e. The fourth-order valence-electron chi connectivity index (χ4n) is 2.95. The predicted octanol–water partition coefficient (Wildman–Crippen LogP) is 5.18. The van der Waals surface area contributed by atoms with E-state index >= 15 is 0 Å². The summed E-state index contributed by atoms with van der Waals surface area (Å²) in [5.41, 5.74) is 2.68. The number of hydrogen-bond acceptors (Lipinski definition) is 3. The maximum Gasteiger partial charge on any atom is 0.261 e. The van der Waals surface area contributed by atoms with Crippen molar-refractivity contribution in [2.75, 3.05) is 13.2 Å². The minimum absolute atomic E-state index is 0.168. The highest BCUT2D eigenvalue weighted by atomic mass is 35.5. The van der Waals surface area contributed by atoms with Crippen molar-refractivity contribution in [2.45, 2.75) is 47.2 Å². The molecule has 31 heavy (non-hydrogen) atoms. The normalized spacial score (nSPS) is 11.9. The summed E-state index contributed by atoms with van der Waals surface area (Å²) >= 11 is 12.3. The van der Waals surface area contributed by atoms with Gasteiger partial charge < -0.3 is 15.0 Å². The van der Waals surface area contributed by atoms with Gasteiger partial charge in [-0.3, -0.25) is 9.59 Å². The van der Waals surface area contributed by atoms with Crippen LogP contribution in [0.2, 0.25) is 10.0 Å². The fraction of sp³-hybridized carbons (Fsp3) is 0.417. The molecule has 2 rings (SSSR count). The topological polar surface area (TPSA) is 58.6 Å². The van der Waals surface area contributed by atoms with Gasteiger partial charge in [-0.2, -0.15) is 0 Å². The van der Waals surface area contributed by atoms with Crippen LogP contribution in [0.4, 0.5) is 0 Å². The highest BCUT2D eigenvalue weighted by molar-refractivity contribution is 6.35. The SMILES string of the molecule is Cc1ccc(C)c(OCC(=O)N(Cc2ccc(Cl)cc2Cl)[C@H](C)C(=O)NCC(C)C)c1. The van der Waals surface area contributed by atoms with Gasteiger partial charge in [-0.15, -0.1) is 0 Å². The molecule has 0 aliphatic heterocycles. The van der Waals surface area contributed by atoms with Crippen LogP contribution in [0.1, 0.15) is 37.5 Å². The summed E-state index contributed by atoms with van der Waals surface area (Å²) in [7, 11) is 0. The number of benzene rings is 2. The third-order valence-corrected chi connectivity index (χ3v) is 5.49. The molecule has 1 atom stereocenters. The van der Waals surface area contributed by atoms with Crippen LogP contribution in [0, 0.1) is 19.8 Å². The van der Waals surface area contributed by atoms with Gasteiger partial charge in [0.05, 0.1) is 0 Å². The molecule has 2 aromatic carbocycles. The number of hydrogen-bond donors (Lipinski definition) is 1. The Hall–Kier alpha value is -2.24. The zero-order valence-electron chi connectivity index (χ0n) is 18.7. The van der Waals surface area contributed by atoms with Crippen LogP contribution in [0.25, 0.3) is 0 Å². The highest BCUT2D eigenvalue weighted by Gasteiger charge is 2.27. The van der Waals surface area contributed by atoms with Crippen LogP contribution in [0.5, 0.6) is 5.75 Å². The van der Waals surface area contributed by atoms with Crippen molar-refractivity contribution in [1.29, 1.82) is 0 Å². The van der Waals surface area contributed by atoms with Gasteiger partial charge >= 0.3 is 0 Å². The molecule has 0 aliphatic rings. The van der Waals surface area contributed by atoms with E-state index in [2.05, 4.69) is 5.32 Å². The number of rotatable bonds is 9. The van der Waals surface area contributed by atoms with E-state index in [1.807, 2.05) is 45.9 Å². The van der Waals surface area contributed by atoms with E-state index in [0.717, 1.165) is 11.1 Å². The first-order valence-corrected chi connectivity index (χ1v) is 11.0. The van der Waals surface area contributed by atoms with Crippen molar-refractivity contribution in [1.82, 2.24) is 10.2 Å². The van der Waals surface area contributed by atoms with Crippen LogP contribution in [0.3, 0.4) is 0 Å². The van der Waals surface area contributed by atoms with Gasteiger partial charge in [-0.05, 0) is 61.6 Å². The van der Waals surface area contributed by atoms with Crippen molar-refractivity contribution in [3.05, 3.63) is 63.1 Å². The number of aryl methyl sites for hydroxylation is 2. The standard InChI is InChI=1S/C24H30Cl2N2O3/c1-15(2)12-27-24(30)18(5)28(13-19-8-9-20(25)11-21(19)26)23(29)14-31-22-10-16(3)6-7-17(22)4/h6-11,15,18H,12-14H2,1-5H3,(H,27,30)/t18-/m1/s1. The lowest BCUT2D eigenvalue weighted by Gasteiger charge is -2.29. The van der Waals surface area contributed by atoms with Gasteiger partial charge in [-0.25, -0.2) is 0 Å². The van der Waals surface area contributed by atoms with Crippen molar-refractivity contribution in [2.24, 2.45) is 5.92 Å². The van der Waals surface area contributed by atoms with Crippen molar-refractivity contribution in [3.8, 4) is 5.75 Å². The first kappa shape index (κ1) is 25.0. The van der Waals surface area contributed by atoms with Crippen LogP contribution in [-0.4, -0.2) is 35.9 Å². The number of nitrogens with zero attached hydrogens (tertiary/aromatic N) is 1. The minimum atomic E-state index is -0.694. The Morgan fingerprint density at radius 2 is 1.77 bits per heavy atom. The van der Waals surface area contributed by atoms with E-state index in [0.29, 0.717) is 33.8 Å². The van der Waals surface area contributed by atoms with E-state index in [-0.39, 0.29) is 25.0 Å². The quantitative estimate of drug-likeness (QED) is 0.555. The van der Waals surface area contributed by atoms with Gasteiger partial charge in [0, 0.05) is 23.1 Å². The molecule has 7 heteroatoms. The Labute approximate surface area is 194 Å². The van der Waals surface area contributed by atoms with Crippen molar-refractivity contribution in [3.63, 3.8) is 0 Å². The average Bonchev–Trinajstić information content (AvgIpc) is 2.71. The predicted molar refractivity (Wildman–Crippen MR) is 126 cm³/mol. The molecule has 0 bridgehead atoms. The van der Waals surface area contributed by atoms with E-state index < -0.39 is 6.04 Å². The van der Waals surface area contributed by atoms with Gasteiger partial charge in [0.2, 0.25) is 5.91 Å². The second-order valence-electron chi connectivity index (χ2n) is 8.13. The molecule has 0 aliphatic carbocycles. The van der Waals surface area contributed by atoms with Gasteiger partial charge in [0.1, 0.15) is 11.8 Å². The Kier molecular flexibility index (Phi) is 9.20. The monoisotopic (exact) mass is 464 g/mol. The maximum atomic E-state index is 13.1. The third kappa shape index (κ3) is 7.44. The fourth-order valence-corrected chi connectivity index (χ4v) is 3.42. The van der Waals surface area contributed by atoms with Gasteiger partial charge in [-0.1, -0.05) is 55.2 Å². The second-order valence-corrected chi connectivity index (χ2v) is 8.97. The Bertz CT molecular complexity index is 931. The zero-order valence-corrected chi connectivity index (χ0v) is 20.2. The molecule has 0 saturated carbocycles. The molecule has 0 saturated heterocycles. The van der Waals surface area contributed by atoms with Gasteiger partial charge in [0.15, 0.2) is 6.61 Å². The van der Waals surface area contributed by atoms with E-state index in [1.54, 1.807) is 25.1 Å². The van der Waals surface area contributed by atoms with E-state index in [9.17, 15) is 9.59 Å². The molecule has 0 heterocycles. The average molecular weight is 465 g/mol. The van der Waals surface area contributed by atoms with Crippen LogP contribution < -0.4 is 10.1 Å². The molecule has 2 aromatic rings.